The van der Waals surface area contributed by atoms with Gasteiger partial charge in [0.1, 0.15) is 12.1 Å². The molecule has 0 saturated heterocycles. The van der Waals surface area contributed by atoms with Gasteiger partial charge in [-0.3, -0.25) is 14.4 Å². The molecule has 0 aliphatic rings. The number of carbonyl (C=O) groups is 3. The molecule has 0 heterocycles. The van der Waals surface area contributed by atoms with Gasteiger partial charge in [-0.25, -0.2) is 0 Å². The fraction of sp³-hybridized carbons (Fsp3) is 0.571. The summed E-state index contributed by atoms with van der Waals surface area (Å²) in [6.45, 7) is -0.649. The third-order valence-electron chi connectivity index (χ3n) is 1.58. The highest BCUT2D eigenvalue weighted by molar-refractivity contribution is 5.89. The Hall–Kier alpha value is -1.67. The van der Waals surface area contributed by atoms with Gasteiger partial charge in [0.25, 0.3) is 0 Å². The van der Waals surface area contributed by atoms with Crippen molar-refractivity contribution in [2.24, 2.45) is 11.5 Å². The molecule has 0 unspecified atom stereocenters. The molecule has 0 aromatic rings. The van der Waals surface area contributed by atoms with E-state index in [1.807, 2.05) is 5.32 Å². The number of carboxylic acid groups (broad SMARTS) is 1. The van der Waals surface area contributed by atoms with E-state index >= 15 is 0 Å². The third kappa shape index (κ3) is 4.93. The van der Waals surface area contributed by atoms with Gasteiger partial charge in [0.2, 0.25) is 11.8 Å². The summed E-state index contributed by atoms with van der Waals surface area (Å²) in [5.74, 6) is -3.00. The summed E-state index contributed by atoms with van der Waals surface area (Å²) in [6.07, 6.45) is -0.487. The Labute approximate surface area is 85.2 Å². The lowest BCUT2D eigenvalue weighted by atomic mass is 10.2. The number of aliphatic hydroxyl groups excluding tert-OH is 1. The molecule has 0 spiro atoms. The molecule has 0 rings (SSSR count). The SMILES string of the molecule is NC(=O)[C@H](CO)NC(=O)C[C@H](N)C(=O)O. The summed E-state index contributed by atoms with van der Waals surface area (Å²) in [5.41, 5.74) is 9.90. The van der Waals surface area contributed by atoms with Crippen molar-refractivity contribution in [2.75, 3.05) is 6.61 Å². The summed E-state index contributed by atoms with van der Waals surface area (Å²) in [5, 5.41) is 19.1. The zero-order valence-corrected chi connectivity index (χ0v) is 7.84. The number of nitrogens with two attached hydrogens (primary N) is 2. The van der Waals surface area contributed by atoms with E-state index in [1.165, 1.54) is 0 Å². The van der Waals surface area contributed by atoms with E-state index in [0.29, 0.717) is 0 Å². The zero-order valence-electron chi connectivity index (χ0n) is 7.84. The van der Waals surface area contributed by atoms with Crippen molar-refractivity contribution < 1.29 is 24.6 Å². The predicted octanol–water partition coefficient (Wildman–Crippen LogP) is -3.25. The van der Waals surface area contributed by atoms with Crippen molar-refractivity contribution in [1.82, 2.24) is 5.32 Å². The van der Waals surface area contributed by atoms with E-state index in [4.69, 9.17) is 21.7 Å². The number of nitrogens with one attached hydrogen (secondary N) is 1. The van der Waals surface area contributed by atoms with Gasteiger partial charge >= 0.3 is 5.97 Å². The first-order valence-electron chi connectivity index (χ1n) is 4.06. The second kappa shape index (κ2) is 5.94. The van der Waals surface area contributed by atoms with Crippen LogP contribution < -0.4 is 16.8 Å². The summed E-state index contributed by atoms with van der Waals surface area (Å²) >= 11 is 0. The van der Waals surface area contributed by atoms with Crippen LogP contribution in [0.15, 0.2) is 0 Å². The maximum atomic E-state index is 11.1. The maximum Gasteiger partial charge on any atom is 0.321 e. The van der Waals surface area contributed by atoms with E-state index < -0.39 is 42.9 Å². The van der Waals surface area contributed by atoms with Gasteiger partial charge in [-0.2, -0.15) is 0 Å². The van der Waals surface area contributed by atoms with Crippen LogP contribution in [0.2, 0.25) is 0 Å². The highest BCUT2D eigenvalue weighted by atomic mass is 16.4. The molecule has 8 nitrogen and oxygen atoms in total. The van der Waals surface area contributed by atoms with Gasteiger partial charge in [0.15, 0.2) is 0 Å². The van der Waals surface area contributed by atoms with Crippen LogP contribution in [-0.2, 0) is 14.4 Å². The molecule has 0 aromatic heterocycles. The normalized spacial score (nSPS) is 14.0. The van der Waals surface area contributed by atoms with Gasteiger partial charge in [-0.15, -0.1) is 0 Å². The molecule has 86 valence electrons. The summed E-state index contributed by atoms with van der Waals surface area (Å²) in [7, 11) is 0. The van der Waals surface area contributed by atoms with E-state index in [1.54, 1.807) is 0 Å². The highest BCUT2D eigenvalue weighted by Crippen LogP contribution is 1.90. The Balaban J connectivity index is 4.13. The minimum Gasteiger partial charge on any atom is -0.480 e. The Morgan fingerprint density at radius 2 is 1.87 bits per heavy atom. The maximum absolute atomic E-state index is 11.1. The third-order valence-corrected chi connectivity index (χ3v) is 1.58. The molecular weight excluding hydrogens is 206 g/mol. The second-order valence-corrected chi connectivity index (χ2v) is 2.85. The number of primary amides is 1. The quantitative estimate of drug-likeness (QED) is 0.316. The lowest BCUT2D eigenvalue weighted by Gasteiger charge is -2.13. The smallest absolute Gasteiger partial charge is 0.321 e. The molecule has 0 radical (unpaired) electrons. The predicted molar refractivity (Wildman–Crippen MR) is 48.4 cm³/mol. The van der Waals surface area contributed by atoms with E-state index in [-0.39, 0.29) is 0 Å². The van der Waals surface area contributed by atoms with Gasteiger partial charge in [-0.1, -0.05) is 0 Å². The lowest BCUT2D eigenvalue weighted by molar-refractivity contribution is -0.140. The first-order valence-corrected chi connectivity index (χ1v) is 4.06. The number of hydrogen-bond acceptors (Lipinski definition) is 5. The van der Waals surface area contributed by atoms with Crippen molar-refractivity contribution in [3.63, 3.8) is 0 Å². The molecule has 0 aromatic carbocycles. The first kappa shape index (κ1) is 13.3. The fourth-order valence-electron chi connectivity index (χ4n) is 0.747. The van der Waals surface area contributed by atoms with Crippen molar-refractivity contribution in [3.8, 4) is 0 Å². The molecule has 2 atom stereocenters. The number of carboxylic acids is 1. The van der Waals surface area contributed by atoms with Crippen LogP contribution in [-0.4, -0.2) is 46.7 Å². The van der Waals surface area contributed by atoms with Gasteiger partial charge in [-0.05, 0) is 0 Å². The molecule has 2 amide bonds. The second-order valence-electron chi connectivity index (χ2n) is 2.85. The number of rotatable bonds is 6. The summed E-state index contributed by atoms with van der Waals surface area (Å²) in [4.78, 5) is 31.9. The van der Waals surface area contributed by atoms with Crippen LogP contribution in [0.5, 0.6) is 0 Å². The van der Waals surface area contributed by atoms with Gasteiger partial charge in [0.05, 0.1) is 13.0 Å². The minimum atomic E-state index is -1.35. The minimum absolute atomic E-state index is 0.487. The van der Waals surface area contributed by atoms with Gasteiger partial charge < -0.3 is 27.0 Å². The molecule has 8 heteroatoms. The van der Waals surface area contributed by atoms with E-state index in [0.717, 1.165) is 0 Å². The van der Waals surface area contributed by atoms with Crippen molar-refractivity contribution >= 4 is 17.8 Å². The largest absolute Gasteiger partial charge is 0.480 e. The number of aliphatic carboxylic acids is 1. The Morgan fingerprint density at radius 1 is 1.33 bits per heavy atom. The molecule has 7 N–H and O–H groups in total. The molecule has 0 saturated carbocycles. The van der Waals surface area contributed by atoms with E-state index in [9.17, 15) is 14.4 Å². The number of aliphatic hydroxyl groups is 1. The van der Waals surface area contributed by atoms with Crippen LogP contribution in [0.4, 0.5) is 0 Å². The van der Waals surface area contributed by atoms with Crippen LogP contribution in [0, 0.1) is 0 Å². The van der Waals surface area contributed by atoms with Crippen LogP contribution in [0.25, 0.3) is 0 Å². The lowest BCUT2D eigenvalue weighted by Crippen LogP contribution is -2.48. The molecule has 0 aliphatic heterocycles. The van der Waals surface area contributed by atoms with Crippen LogP contribution >= 0.6 is 0 Å². The average molecular weight is 219 g/mol. The van der Waals surface area contributed by atoms with Gasteiger partial charge in [0, 0.05) is 0 Å². The van der Waals surface area contributed by atoms with Crippen LogP contribution in [0.1, 0.15) is 6.42 Å². The molecule has 0 aliphatic carbocycles. The molecular formula is C7H13N3O5. The first-order chi connectivity index (χ1) is 6.88. The van der Waals surface area contributed by atoms with Crippen molar-refractivity contribution in [2.45, 2.75) is 18.5 Å². The fourth-order valence-corrected chi connectivity index (χ4v) is 0.747. The Morgan fingerprint density at radius 3 is 2.20 bits per heavy atom. The highest BCUT2D eigenvalue weighted by Gasteiger charge is 2.21. The summed E-state index contributed by atoms with van der Waals surface area (Å²) < 4.78 is 0. The standard InChI is InChI=1S/C7H13N3O5/c8-3(7(14)15)1-5(12)10-4(2-11)6(9)13/h3-4,11H,1-2,8H2,(H2,9,13)(H,10,12)(H,14,15)/t3-,4-/m0/s1. The monoisotopic (exact) mass is 219 g/mol. The zero-order chi connectivity index (χ0) is 12.0. The Bertz CT molecular complexity index is 267. The summed E-state index contributed by atoms with van der Waals surface area (Å²) in [6, 6.07) is -2.57. The average Bonchev–Trinajstić information content (AvgIpc) is 2.13. The number of hydrogen-bond donors (Lipinski definition) is 5. The van der Waals surface area contributed by atoms with Crippen LogP contribution in [0.3, 0.4) is 0 Å². The topological polar surface area (TPSA) is 156 Å². The number of amides is 2. The van der Waals surface area contributed by atoms with Crippen molar-refractivity contribution in [3.05, 3.63) is 0 Å². The molecule has 0 bridgehead atoms. The molecule has 0 fully saturated rings. The van der Waals surface area contributed by atoms with Crippen molar-refractivity contribution in [1.29, 1.82) is 0 Å². The Kier molecular flexibility index (Phi) is 5.27. The van der Waals surface area contributed by atoms with E-state index in [2.05, 4.69) is 0 Å². The number of carbonyl (C=O) groups excluding carboxylic acids is 2. The molecule has 15 heavy (non-hydrogen) atoms.